The van der Waals surface area contributed by atoms with Crippen molar-refractivity contribution in [3.8, 4) is 0 Å². The largest absolute Gasteiger partial charge is 0.382 e. The van der Waals surface area contributed by atoms with Crippen LogP contribution in [0.3, 0.4) is 0 Å². The molecule has 0 aliphatic heterocycles. The monoisotopic (exact) mass is 237 g/mol. The number of rotatable bonds is 6. The molecule has 0 radical (unpaired) electrons. The number of hydrogen-bond donors (Lipinski definition) is 1. The van der Waals surface area contributed by atoms with Crippen LogP contribution in [0.4, 0.5) is 5.69 Å². The summed E-state index contributed by atoms with van der Waals surface area (Å²) >= 11 is 0. The quantitative estimate of drug-likeness (QED) is 0.818. The van der Waals surface area contributed by atoms with Gasteiger partial charge in [-0.05, 0) is 24.2 Å². The highest BCUT2D eigenvalue weighted by Crippen LogP contribution is 2.22. The summed E-state index contributed by atoms with van der Waals surface area (Å²) < 4.78 is 1.89. The third-order valence-electron chi connectivity index (χ3n) is 2.92. The van der Waals surface area contributed by atoms with Gasteiger partial charge in [0.05, 0.1) is 11.4 Å². The van der Waals surface area contributed by atoms with Crippen LogP contribution in [-0.2, 0) is 7.05 Å². The highest BCUT2D eigenvalue weighted by atomic mass is 15.3. The first-order chi connectivity index (χ1) is 7.90. The van der Waals surface area contributed by atoms with Crippen molar-refractivity contribution in [2.24, 2.45) is 18.9 Å². The van der Waals surface area contributed by atoms with E-state index in [1.165, 1.54) is 17.8 Å². The van der Waals surface area contributed by atoms with Crippen LogP contribution < -0.4 is 5.32 Å². The molecule has 0 fully saturated rings. The van der Waals surface area contributed by atoms with Crippen molar-refractivity contribution in [2.45, 2.75) is 47.0 Å². The molecule has 1 N–H and O–H groups in total. The summed E-state index contributed by atoms with van der Waals surface area (Å²) in [6, 6.07) is 0. The molecule has 3 nitrogen and oxygen atoms in total. The van der Waals surface area contributed by atoms with Crippen LogP contribution in [0.5, 0.6) is 0 Å². The van der Waals surface area contributed by atoms with Crippen molar-refractivity contribution in [3.63, 3.8) is 0 Å². The lowest BCUT2D eigenvalue weighted by Crippen LogP contribution is -2.14. The predicted octanol–water partition coefficient (Wildman–Crippen LogP) is 3.64. The second-order valence-electron chi connectivity index (χ2n) is 5.87. The Labute approximate surface area is 106 Å². The predicted molar refractivity (Wildman–Crippen MR) is 74.4 cm³/mol. The van der Waals surface area contributed by atoms with Crippen LogP contribution in [0.25, 0.3) is 0 Å². The van der Waals surface area contributed by atoms with E-state index in [4.69, 9.17) is 0 Å². The first-order valence-corrected chi connectivity index (χ1v) is 6.67. The molecule has 1 heterocycles. The number of aromatic nitrogens is 2. The molecule has 0 bridgehead atoms. The van der Waals surface area contributed by atoms with Crippen LogP contribution in [0.2, 0.25) is 0 Å². The van der Waals surface area contributed by atoms with Crippen LogP contribution >= 0.6 is 0 Å². The van der Waals surface area contributed by atoms with Crippen molar-refractivity contribution in [2.75, 3.05) is 11.9 Å². The smallest absolute Gasteiger partial charge is 0.0881 e. The maximum Gasteiger partial charge on any atom is 0.0881 e. The summed E-state index contributed by atoms with van der Waals surface area (Å²) in [5.74, 6) is 1.94. The molecule has 1 aromatic heterocycles. The first-order valence-electron chi connectivity index (χ1n) is 6.67. The average Bonchev–Trinajstić information content (AvgIpc) is 2.55. The molecule has 0 saturated carbocycles. The molecular formula is C14H27N3. The van der Waals surface area contributed by atoms with E-state index in [0.717, 1.165) is 12.5 Å². The third-order valence-corrected chi connectivity index (χ3v) is 2.92. The molecule has 3 heteroatoms. The summed E-state index contributed by atoms with van der Waals surface area (Å²) in [4.78, 5) is 0. The summed E-state index contributed by atoms with van der Waals surface area (Å²) in [5.41, 5.74) is 2.36. The van der Waals surface area contributed by atoms with E-state index < -0.39 is 0 Å². The van der Waals surface area contributed by atoms with E-state index in [1.54, 1.807) is 0 Å². The lowest BCUT2D eigenvalue weighted by Gasteiger charge is -2.15. The van der Waals surface area contributed by atoms with Gasteiger partial charge in [-0.2, -0.15) is 5.10 Å². The van der Waals surface area contributed by atoms with E-state index >= 15 is 0 Å². The number of aryl methyl sites for hydroxylation is 1. The van der Waals surface area contributed by atoms with Crippen LogP contribution in [0, 0.1) is 11.8 Å². The molecule has 98 valence electrons. The Morgan fingerprint density at radius 1 is 1.24 bits per heavy atom. The van der Waals surface area contributed by atoms with Gasteiger partial charge in [0.2, 0.25) is 0 Å². The zero-order chi connectivity index (χ0) is 13.0. The molecule has 0 aliphatic carbocycles. The Morgan fingerprint density at radius 3 is 2.41 bits per heavy atom. The van der Waals surface area contributed by atoms with Gasteiger partial charge in [0.1, 0.15) is 0 Å². The fraction of sp³-hybridized carbons (Fsp3) is 0.786. The summed E-state index contributed by atoms with van der Waals surface area (Å²) in [5, 5.41) is 8.04. The van der Waals surface area contributed by atoms with Gasteiger partial charge in [-0.3, -0.25) is 4.68 Å². The molecule has 0 aliphatic rings. The van der Waals surface area contributed by atoms with Gasteiger partial charge < -0.3 is 5.32 Å². The van der Waals surface area contributed by atoms with E-state index in [0.29, 0.717) is 11.8 Å². The number of nitrogens with one attached hydrogen (secondary N) is 1. The molecule has 17 heavy (non-hydrogen) atoms. The highest BCUT2D eigenvalue weighted by Gasteiger charge is 2.12. The summed E-state index contributed by atoms with van der Waals surface area (Å²) in [6.45, 7) is 12.3. The maximum absolute atomic E-state index is 4.50. The van der Waals surface area contributed by atoms with E-state index in [1.807, 2.05) is 11.7 Å². The molecule has 0 saturated heterocycles. The number of hydrogen-bond acceptors (Lipinski definition) is 2. The standard InChI is InChI=1S/C14H27N3/c1-10(2)7-12(5)8-15-13-9-17(6)16-14(13)11(3)4/h9-12,15H,7-8H2,1-6H3. The van der Waals surface area contributed by atoms with Gasteiger partial charge >= 0.3 is 0 Å². The van der Waals surface area contributed by atoms with E-state index in [-0.39, 0.29) is 0 Å². The lowest BCUT2D eigenvalue weighted by molar-refractivity contribution is 0.455. The molecule has 1 aromatic rings. The van der Waals surface area contributed by atoms with E-state index in [9.17, 15) is 0 Å². The Kier molecular flexibility index (Phi) is 5.03. The van der Waals surface area contributed by atoms with Crippen LogP contribution in [-0.4, -0.2) is 16.3 Å². The minimum absolute atomic E-state index is 0.471. The number of nitrogens with zero attached hydrogens (tertiary/aromatic N) is 2. The zero-order valence-electron chi connectivity index (χ0n) is 12.1. The molecule has 1 rings (SSSR count). The number of anilines is 1. The van der Waals surface area contributed by atoms with Gasteiger partial charge in [0.25, 0.3) is 0 Å². The first kappa shape index (κ1) is 14.1. The third kappa shape index (κ3) is 4.41. The Hall–Kier alpha value is -0.990. The molecule has 0 aromatic carbocycles. The van der Waals surface area contributed by atoms with Crippen molar-refractivity contribution in [3.05, 3.63) is 11.9 Å². The van der Waals surface area contributed by atoms with Crippen molar-refractivity contribution in [1.82, 2.24) is 9.78 Å². The average molecular weight is 237 g/mol. The SMILES string of the molecule is CC(C)CC(C)CNc1cn(C)nc1C(C)C. The van der Waals surface area contributed by atoms with Gasteiger partial charge in [0, 0.05) is 19.8 Å². The molecule has 1 atom stereocenters. The van der Waals surface area contributed by atoms with Gasteiger partial charge in [-0.15, -0.1) is 0 Å². The fourth-order valence-corrected chi connectivity index (χ4v) is 2.24. The van der Waals surface area contributed by atoms with Gasteiger partial charge in [0.15, 0.2) is 0 Å². The molecule has 0 spiro atoms. The van der Waals surface area contributed by atoms with E-state index in [2.05, 4.69) is 51.2 Å². The van der Waals surface area contributed by atoms with Gasteiger partial charge in [-0.1, -0.05) is 34.6 Å². The van der Waals surface area contributed by atoms with Gasteiger partial charge in [-0.25, -0.2) is 0 Å². The van der Waals surface area contributed by atoms with Crippen LogP contribution in [0.1, 0.15) is 52.7 Å². The van der Waals surface area contributed by atoms with Crippen molar-refractivity contribution < 1.29 is 0 Å². The highest BCUT2D eigenvalue weighted by molar-refractivity contribution is 5.47. The fourth-order valence-electron chi connectivity index (χ4n) is 2.24. The topological polar surface area (TPSA) is 29.9 Å². The zero-order valence-corrected chi connectivity index (χ0v) is 12.1. The molecule has 0 amide bonds. The second-order valence-corrected chi connectivity index (χ2v) is 5.87. The minimum atomic E-state index is 0.471. The Morgan fingerprint density at radius 2 is 1.88 bits per heavy atom. The Bertz CT molecular complexity index is 339. The van der Waals surface area contributed by atoms with Crippen molar-refractivity contribution in [1.29, 1.82) is 0 Å². The minimum Gasteiger partial charge on any atom is -0.382 e. The maximum atomic E-state index is 4.50. The van der Waals surface area contributed by atoms with Crippen molar-refractivity contribution >= 4 is 5.69 Å². The summed E-state index contributed by atoms with van der Waals surface area (Å²) in [6.07, 6.45) is 3.35. The Balaban J connectivity index is 2.56. The summed E-state index contributed by atoms with van der Waals surface area (Å²) in [7, 11) is 1.98. The van der Waals surface area contributed by atoms with Crippen LogP contribution in [0.15, 0.2) is 6.20 Å². The lowest BCUT2D eigenvalue weighted by atomic mass is 9.99. The molecule has 1 unspecified atom stereocenters. The second kappa shape index (κ2) is 6.08. The normalized spacial score (nSPS) is 13.4. The molecular weight excluding hydrogens is 210 g/mol.